The summed E-state index contributed by atoms with van der Waals surface area (Å²) in [6, 6.07) is 8.89. The molecule has 0 unspecified atom stereocenters. The molecule has 0 saturated carbocycles. The van der Waals surface area contributed by atoms with Crippen molar-refractivity contribution in [2.24, 2.45) is 0 Å². The van der Waals surface area contributed by atoms with Gasteiger partial charge in [0, 0.05) is 43.3 Å². The Balaban J connectivity index is 1.72. The summed E-state index contributed by atoms with van der Waals surface area (Å²) in [4.78, 5) is 39.4. The van der Waals surface area contributed by atoms with Crippen molar-refractivity contribution < 1.29 is 24.0 Å². The molecule has 9 nitrogen and oxygen atoms in total. The third-order valence-corrected chi connectivity index (χ3v) is 5.12. The van der Waals surface area contributed by atoms with Gasteiger partial charge in [0.2, 0.25) is 0 Å². The lowest BCUT2D eigenvalue weighted by atomic mass is 10.1. The summed E-state index contributed by atoms with van der Waals surface area (Å²) >= 11 is 5.82. The Morgan fingerprint density at radius 1 is 0.933 bits per heavy atom. The Kier molecular flexibility index (Phi) is 6.41. The van der Waals surface area contributed by atoms with E-state index in [0.29, 0.717) is 30.2 Å². The second-order valence-electron chi connectivity index (χ2n) is 6.57. The van der Waals surface area contributed by atoms with Gasteiger partial charge in [-0.05, 0) is 24.3 Å². The fraction of sp³-hybridized carbons (Fsp3) is 0.300. The second-order valence-corrected chi connectivity index (χ2v) is 7.01. The van der Waals surface area contributed by atoms with Crippen molar-refractivity contribution in [3.63, 3.8) is 0 Å². The molecule has 158 valence electrons. The zero-order chi connectivity index (χ0) is 21.8. The molecule has 1 saturated heterocycles. The topological polar surface area (TPSA) is 102 Å². The van der Waals surface area contributed by atoms with Crippen molar-refractivity contribution in [3.05, 3.63) is 62.7 Å². The quantitative estimate of drug-likeness (QED) is 0.530. The SMILES string of the molecule is COc1ccc(C(=O)N2CCN(C(=O)c3ccc(Cl)cc3[N+](=O)[O-])CC2)c(OC)c1. The van der Waals surface area contributed by atoms with Gasteiger partial charge in [-0.3, -0.25) is 19.7 Å². The lowest BCUT2D eigenvalue weighted by molar-refractivity contribution is -0.385. The van der Waals surface area contributed by atoms with Gasteiger partial charge < -0.3 is 19.3 Å². The van der Waals surface area contributed by atoms with Crippen LogP contribution < -0.4 is 9.47 Å². The smallest absolute Gasteiger partial charge is 0.283 e. The molecule has 0 atom stereocenters. The molecule has 2 aromatic carbocycles. The molecular weight excluding hydrogens is 414 g/mol. The minimum Gasteiger partial charge on any atom is -0.497 e. The second kappa shape index (κ2) is 9.00. The van der Waals surface area contributed by atoms with Crippen LogP contribution in [0.1, 0.15) is 20.7 Å². The zero-order valence-electron chi connectivity index (χ0n) is 16.5. The molecule has 0 aliphatic carbocycles. The van der Waals surface area contributed by atoms with E-state index in [4.69, 9.17) is 21.1 Å². The molecule has 1 aliphatic rings. The summed E-state index contributed by atoms with van der Waals surface area (Å²) < 4.78 is 10.4. The molecule has 3 rings (SSSR count). The van der Waals surface area contributed by atoms with Crippen molar-refractivity contribution in [2.45, 2.75) is 0 Å². The van der Waals surface area contributed by atoms with E-state index >= 15 is 0 Å². The maximum absolute atomic E-state index is 12.9. The van der Waals surface area contributed by atoms with Crippen LogP contribution in [0.5, 0.6) is 11.5 Å². The first-order valence-electron chi connectivity index (χ1n) is 9.10. The highest BCUT2D eigenvalue weighted by Gasteiger charge is 2.30. The molecule has 0 N–H and O–H groups in total. The summed E-state index contributed by atoms with van der Waals surface area (Å²) in [6.45, 7) is 1.09. The Bertz CT molecular complexity index is 989. The number of halogens is 1. The van der Waals surface area contributed by atoms with Crippen LogP contribution in [0.4, 0.5) is 5.69 Å². The number of benzene rings is 2. The van der Waals surface area contributed by atoms with Gasteiger partial charge in [0.15, 0.2) is 0 Å². The van der Waals surface area contributed by atoms with E-state index in [1.54, 1.807) is 23.1 Å². The minimum atomic E-state index is -0.630. The zero-order valence-corrected chi connectivity index (χ0v) is 17.2. The maximum atomic E-state index is 12.9. The number of piperazine rings is 1. The normalized spacial score (nSPS) is 13.7. The third kappa shape index (κ3) is 4.30. The molecule has 2 aromatic rings. The molecule has 2 amide bonds. The summed E-state index contributed by atoms with van der Waals surface area (Å²) in [5, 5.41) is 11.5. The Morgan fingerprint density at radius 3 is 2.03 bits per heavy atom. The van der Waals surface area contributed by atoms with Gasteiger partial charge in [0.1, 0.15) is 17.1 Å². The van der Waals surface area contributed by atoms with Crippen LogP contribution in [0.15, 0.2) is 36.4 Å². The first-order chi connectivity index (χ1) is 14.3. The molecule has 30 heavy (non-hydrogen) atoms. The molecule has 1 aliphatic heterocycles. The summed E-state index contributed by atoms with van der Waals surface area (Å²) in [5.74, 6) is 0.282. The van der Waals surface area contributed by atoms with Crippen LogP contribution in [0.2, 0.25) is 5.02 Å². The number of rotatable bonds is 5. The molecule has 1 heterocycles. The lowest BCUT2D eigenvalue weighted by Crippen LogP contribution is -2.50. The van der Waals surface area contributed by atoms with Crippen molar-refractivity contribution >= 4 is 29.1 Å². The van der Waals surface area contributed by atoms with Crippen molar-refractivity contribution in [1.29, 1.82) is 0 Å². The highest BCUT2D eigenvalue weighted by Crippen LogP contribution is 2.27. The molecule has 1 fully saturated rings. The van der Waals surface area contributed by atoms with Crippen LogP contribution in [0.25, 0.3) is 0 Å². The van der Waals surface area contributed by atoms with Crippen molar-refractivity contribution in [1.82, 2.24) is 9.80 Å². The van der Waals surface area contributed by atoms with E-state index in [0.717, 1.165) is 6.07 Å². The van der Waals surface area contributed by atoms with Gasteiger partial charge in [-0.1, -0.05) is 11.6 Å². The summed E-state index contributed by atoms with van der Waals surface area (Å²) in [5.41, 5.74) is 0.0291. The number of amides is 2. The Labute approximate surface area is 177 Å². The standard InChI is InChI=1S/C20H20ClN3O6/c1-29-14-4-6-16(18(12-14)30-2)20(26)23-9-7-22(8-10-23)19(25)15-5-3-13(21)11-17(15)24(27)28/h3-6,11-12H,7-10H2,1-2H3. The number of hydrogen-bond donors (Lipinski definition) is 0. The first-order valence-corrected chi connectivity index (χ1v) is 9.48. The van der Waals surface area contributed by atoms with Gasteiger partial charge >= 0.3 is 0 Å². The minimum absolute atomic E-state index is 0.0269. The molecule has 0 bridgehead atoms. The molecule has 0 aromatic heterocycles. The number of nitrogens with zero attached hydrogens (tertiary/aromatic N) is 3. The average Bonchev–Trinajstić information content (AvgIpc) is 2.77. The fourth-order valence-corrected chi connectivity index (χ4v) is 3.43. The predicted octanol–water partition coefficient (Wildman–Crippen LogP) is 2.86. The Hall–Kier alpha value is -3.33. The maximum Gasteiger partial charge on any atom is 0.283 e. The highest BCUT2D eigenvalue weighted by molar-refractivity contribution is 6.31. The van der Waals surface area contributed by atoms with Crippen molar-refractivity contribution in [2.75, 3.05) is 40.4 Å². The van der Waals surface area contributed by atoms with Gasteiger partial charge in [0.25, 0.3) is 17.5 Å². The third-order valence-electron chi connectivity index (χ3n) is 4.88. The fourth-order valence-electron chi connectivity index (χ4n) is 3.27. The number of hydrogen-bond acceptors (Lipinski definition) is 6. The number of carbonyl (C=O) groups excluding carboxylic acids is 2. The van der Waals surface area contributed by atoms with E-state index in [2.05, 4.69) is 0 Å². The van der Waals surface area contributed by atoms with E-state index in [1.165, 1.54) is 31.3 Å². The van der Waals surface area contributed by atoms with Crippen LogP contribution in [0.3, 0.4) is 0 Å². The van der Waals surface area contributed by atoms with Gasteiger partial charge in [0.05, 0.1) is 24.7 Å². The van der Waals surface area contributed by atoms with Crippen LogP contribution in [0, 0.1) is 10.1 Å². The van der Waals surface area contributed by atoms with Crippen molar-refractivity contribution in [3.8, 4) is 11.5 Å². The molecule has 0 spiro atoms. The van der Waals surface area contributed by atoms with Crippen LogP contribution in [-0.4, -0.2) is 66.9 Å². The van der Waals surface area contributed by atoms with Gasteiger partial charge in [-0.25, -0.2) is 0 Å². The average molecular weight is 434 g/mol. The number of ether oxygens (including phenoxy) is 2. The van der Waals surface area contributed by atoms with Crippen LogP contribution >= 0.6 is 11.6 Å². The number of nitro groups is 1. The van der Waals surface area contributed by atoms with Crippen LogP contribution in [-0.2, 0) is 0 Å². The van der Waals surface area contributed by atoms with Gasteiger partial charge in [-0.2, -0.15) is 0 Å². The lowest BCUT2D eigenvalue weighted by Gasteiger charge is -2.35. The Morgan fingerprint density at radius 2 is 1.50 bits per heavy atom. The summed E-state index contributed by atoms with van der Waals surface area (Å²) in [6.07, 6.45) is 0. The molecular formula is C20H20ClN3O6. The molecule has 0 radical (unpaired) electrons. The monoisotopic (exact) mass is 433 g/mol. The predicted molar refractivity (Wildman–Crippen MR) is 109 cm³/mol. The van der Waals surface area contributed by atoms with E-state index < -0.39 is 10.8 Å². The highest BCUT2D eigenvalue weighted by atomic mass is 35.5. The van der Waals surface area contributed by atoms with E-state index in [9.17, 15) is 19.7 Å². The number of carbonyl (C=O) groups is 2. The van der Waals surface area contributed by atoms with E-state index in [-0.39, 0.29) is 35.3 Å². The largest absolute Gasteiger partial charge is 0.497 e. The van der Waals surface area contributed by atoms with E-state index in [1.807, 2.05) is 0 Å². The summed E-state index contributed by atoms with van der Waals surface area (Å²) in [7, 11) is 3.00. The van der Waals surface area contributed by atoms with Gasteiger partial charge in [-0.15, -0.1) is 0 Å². The first kappa shape index (κ1) is 21.4. The number of nitro benzene ring substituents is 1. The molecule has 10 heteroatoms. The number of methoxy groups -OCH3 is 2.